The molecule has 1 saturated carbocycles. The summed E-state index contributed by atoms with van der Waals surface area (Å²) in [5.74, 6) is 1.01. The maximum atomic E-state index is 5.03. The number of piperidine rings is 2. The predicted octanol–water partition coefficient (Wildman–Crippen LogP) is 4.05. The van der Waals surface area contributed by atoms with Crippen LogP contribution in [-0.4, -0.2) is 49.1 Å². The fourth-order valence-corrected chi connectivity index (χ4v) is 5.38. The second kappa shape index (κ2) is 8.12. The lowest BCUT2D eigenvalue weighted by molar-refractivity contribution is 0.0526. The van der Waals surface area contributed by atoms with Gasteiger partial charge in [0.05, 0.1) is 6.54 Å². The summed E-state index contributed by atoms with van der Waals surface area (Å²) in [6.45, 7) is 3.94. The smallest absolute Gasteiger partial charge is 0.191 e. The van der Waals surface area contributed by atoms with Crippen LogP contribution in [0.5, 0.6) is 0 Å². The molecule has 1 aromatic carbocycles. The van der Waals surface area contributed by atoms with Gasteiger partial charge < -0.3 is 15.5 Å². The topological polar surface area (TPSA) is 39.7 Å². The van der Waals surface area contributed by atoms with Gasteiger partial charge in [-0.3, -0.25) is 4.99 Å². The van der Waals surface area contributed by atoms with E-state index < -0.39 is 0 Å². The van der Waals surface area contributed by atoms with E-state index in [4.69, 9.17) is 4.99 Å². The highest BCUT2D eigenvalue weighted by Crippen LogP contribution is 2.48. The Bertz CT molecular complexity index is 671. The minimum Gasteiger partial charge on any atom is -0.357 e. The van der Waals surface area contributed by atoms with Crippen molar-refractivity contribution in [3.63, 3.8) is 0 Å². The summed E-state index contributed by atoms with van der Waals surface area (Å²) >= 11 is 3.62. The summed E-state index contributed by atoms with van der Waals surface area (Å²) in [7, 11) is 2.32. The van der Waals surface area contributed by atoms with Gasteiger partial charge >= 0.3 is 0 Å². The van der Waals surface area contributed by atoms with E-state index in [1.54, 1.807) is 0 Å². The predicted molar refractivity (Wildman–Crippen MR) is 116 cm³/mol. The highest BCUT2D eigenvalue weighted by atomic mass is 79.9. The van der Waals surface area contributed by atoms with Crippen LogP contribution < -0.4 is 10.6 Å². The molecule has 3 fully saturated rings. The SMILES string of the molecule is CCNC(=NCC1(c2cccc(Br)c2)CC1)NC1CC2CCCC(C1)N2C. The highest BCUT2D eigenvalue weighted by Gasteiger charge is 2.44. The summed E-state index contributed by atoms with van der Waals surface area (Å²) in [5, 5.41) is 7.26. The maximum Gasteiger partial charge on any atom is 0.191 e. The lowest BCUT2D eigenvalue weighted by atomic mass is 9.82. The molecule has 3 aliphatic rings. The minimum absolute atomic E-state index is 0.245. The van der Waals surface area contributed by atoms with E-state index in [0.717, 1.165) is 35.6 Å². The molecule has 0 radical (unpaired) electrons. The first-order valence-electron chi connectivity index (χ1n) is 10.6. The number of benzene rings is 1. The Balaban J connectivity index is 1.42. The molecule has 0 aromatic heterocycles. The Labute approximate surface area is 172 Å². The van der Waals surface area contributed by atoms with Gasteiger partial charge in [-0.1, -0.05) is 34.5 Å². The van der Waals surface area contributed by atoms with E-state index in [-0.39, 0.29) is 5.41 Å². The first-order chi connectivity index (χ1) is 13.1. The average Bonchev–Trinajstić information content (AvgIpc) is 3.42. The molecule has 1 aliphatic carbocycles. The van der Waals surface area contributed by atoms with Crippen molar-refractivity contribution in [3.05, 3.63) is 34.3 Å². The fourth-order valence-electron chi connectivity index (χ4n) is 4.98. The van der Waals surface area contributed by atoms with E-state index in [0.29, 0.717) is 6.04 Å². The Hall–Kier alpha value is -1.07. The summed E-state index contributed by atoms with van der Waals surface area (Å²) < 4.78 is 1.16. The molecule has 5 heteroatoms. The van der Waals surface area contributed by atoms with E-state index in [1.165, 1.54) is 50.5 Å². The second-order valence-corrected chi connectivity index (χ2v) is 9.62. The monoisotopic (exact) mass is 432 g/mol. The molecule has 2 N–H and O–H groups in total. The van der Waals surface area contributed by atoms with Crippen LogP contribution in [0.25, 0.3) is 0 Å². The molecule has 0 spiro atoms. The van der Waals surface area contributed by atoms with Crippen LogP contribution in [0.4, 0.5) is 0 Å². The number of nitrogens with zero attached hydrogens (tertiary/aromatic N) is 2. The number of nitrogens with one attached hydrogen (secondary N) is 2. The third-order valence-corrected chi connectivity index (χ3v) is 7.35. The van der Waals surface area contributed by atoms with E-state index >= 15 is 0 Å². The molecule has 2 saturated heterocycles. The van der Waals surface area contributed by atoms with E-state index in [2.05, 4.69) is 69.7 Å². The second-order valence-electron chi connectivity index (χ2n) is 8.70. The lowest BCUT2D eigenvalue weighted by Crippen LogP contribution is -2.56. The first kappa shape index (κ1) is 19.3. The molecule has 0 amide bonds. The molecule has 4 nitrogen and oxygen atoms in total. The number of halogens is 1. The molecule has 4 rings (SSSR count). The van der Waals surface area contributed by atoms with Gasteiger partial charge in [0.15, 0.2) is 5.96 Å². The zero-order chi connectivity index (χ0) is 18.9. The van der Waals surface area contributed by atoms with Gasteiger partial charge in [0.2, 0.25) is 0 Å². The van der Waals surface area contributed by atoms with Gasteiger partial charge in [0.1, 0.15) is 0 Å². The summed E-state index contributed by atoms with van der Waals surface area (Å²) in [4.78, 5) is 7.65. The Morgan fingerprint density at radius 1 is 1.26 bits per heavy atom. The number of hydrogen-bond acceptors (Lipinski definition) is 2. The van der Waals surface area contributed by atoms with Gasteiger partial charge in [0, 0.05) is 34.6 Å². The molecule has 2 atom stereocenters. The van der Waals surface area contributed by atoms with Crippen LogP contribution in [-0.2, 0) is 5.41 Å². The first-order valence-corrected chi connectivity index (χ1v) is 11.4. The van der Waals surface area contributed by atoms with Crippen LogP contribution in [0, 0.1) is 0 Å². The van der Waals surface area contributed by atoms with Crippen molar-refractivity contribution in [1.82, 2.24) is 15.5 Å². The third-order valence-electron chi connectivity index (χ3n) is 6.86. The minimum atomic E-state index is 0.245. The Kier molecular flexibility index (Phi) is 5.79. The maximum absolute atomic E-state index is 5.03. The fraction of sp³-hybridized carbons (Fsp3) is 0.682. The van der Waals surface area contributed by atoms with Crippen LogP contribution in [0.3, 0.4) is 0 Å². The van der Waals surface area contributed by atoms with Crippen molar-refractivity contribution in [3.8, 4) is 0 Å². The van der Waals surface area contributed by atoms with Gasteiger partial charge in [0.25, 0.3) is 0 Å². The third kappa shape index (κ3) is 4.34. The van der Waals surface area contributed by atoms with Crippen LogP contribution in [0.1, 0.15) is 57.4 Å². The van der Waals surface area contributed by atoms with Crippen molar-refractivity contribution in [2.24, 2.45) is 4.99 Å². The normalized spacial score (nSPS) is 30.0. The van der Waals surface area contributed by atoms with E-state index in [9.17, 15) is 0 Å². The Morgan fingerprint density at radius 2 is 2.00 bits per heavy atom. The van der Waals surface area contributed by atoms with Crippen molar-refractivity contribution in [1.29, 1.82) is 0 Å². The number of hydrogen-bond donors (Lipinski definition) is 2. The molecule has 1 aromatic rings. The number of aliphatic imine (C=N–C) groups is 1. The molecule has 2 heterocycles. The summed E-state index contributed by atoms with van der Waals surface area (Å²) in [6, 6.07) is 10.8. The van der Waals surface area contributed by atoms with Crippen molar-refractivity contribution < 1.29 is 0 Å². The summed E-state index contributed by atoms with van der Waals surface area (Å²) in [6.07, 6.45) is 9.07. The van der Waals surface area contributed by atoms with Crippen molar-refractivity contribution in [2.75, 3.05) is 20.1 Å². The standard InChI is InChI=1S/C22H33BrN4/c1-3-24-21(26-18-13-19-8-5-9-20(14-18)27(19)2)25-15-22(10-11-22)16-6-4-7-17(23)12-16/h4,6-7,12,18-20H,3,5,8-11,13-15H2,1-2H3,(H2,24,25,26). The average molecular weight is 433 g/mol. The molecular formula is C22H33BrN4. The summed E-state index contributed by atoms with van der Waals surface area (Å²) in [5.41, 5.74) is 1.67. The Morgan fingerprint density at radius 3 is 2.63 bits per heavy atom. The van der Waals surface area contributed by atoms with Gasteiger partial charge in [-0.25, -0.2) is 0 Å². The van der Waals surface area contributed by atoms with Crippen LogP contribution in [0.15, 0.2) is 33.7 Å². The lowest BCUT2D eigenvalue weighted by Gasteiger charge is -2.47. The van der Waals surface area contributed by atoms with Gasteiger partial charge in [-0.2, -0.15) is 0 Å². The number of guanidine groups is 1. The molecular weight excluding hydrogens is 400 g/mol. The molecule has 2 unspecified atom stereocenters. The van der Waals surface area contributed by atoms with Crippen LogP contribution in [0.2, 0.25) is 0 Å². The van der Waals surface area contributed by atoms with Crippen molar-refractivity contribution >= 4 is 21.9 Å². The number of fused-ring (bicyclic) bond motifs is 2. The molecule has 148 valence electrons. The van der Waals surface area contributed by atoms with E-state index in [1.807, 2.05) is 0 Å². The zero-order valence-electron chi connectivity index (χ0n) is 16.7. The molecule has 2 aliphatic heterocycles. The largest absolute Gasteiger partial charge is 0.357 e. The van der Waals surface area contributed by atoms with Gasteiger partial charge in [-0.15, -0.1) is 0 Å². The van der Waals surface area contributed by atoms with Gasteiger partial charge in [-0.05, 0) is 70.2 Å². The molecule has 2 bridgehead atoms. The zero-order valence-corrected chi connectivity index (χ0v) is 18.3. The number of rotatable bonds is 5. The highest BCUT2D eigenvalue weighted by molar-refractivity contribution is 9.10. The van der Waals surface area contributed by atoms with Crippen molar-refractivity contribution in [2.45, 2.75) is 75.4 Å². The molecule has 27 heavy (non-hydrogen) atoms. The van der Waals surface area contributed by atoms with Crippen LogP contribution >= 0.6 is 15.9 Å². The quantitative estimate of drug-likeness (QED) is 0.544.